The van der Waals surface area contributed by atoms with Crippen LogP contribution in [0.2, 0.25) is 0 Å². The Morgan fingerprint density at radius 2 is 1.67 bits per heavy atom. The molecule has 24 heavy (non-hydrogen) atoms. The van der Waals surface area contributed by atoms with Gasteiger partial charge < -0.3 is 10.2 Å². The second-order valence-electron chi connectivity index (χ2n) is 6.20. The average molecular weight is 324 g/mol. The lowest BCUT2D eigenvalue weighted by molar-refractivity contribution is 0.0973. The Balaban J connectivity index is 2.37. The topological polar surface area (TPSA) is 74.6 Å². The summed E-state index contributed by atoms with van der Waals surface area (Å²) in [5.74, 6) is -1.09. The van der Waals surface area contributed by atoms with Crippen molar-refractivity contribution in [1.82, 2.24) is 0 Å². The van der Waals surface area contributed by atoms with E-state index in [1.165, 1.54) is 6.07 Å². The molecular weight excluding hydrogens is 304 g/mol. The number of aromatic hydroxyl groups is 2. The lowest BCUT2D eigenvalue weighted by Gasteiger charge is -2.23. The van der Waals surface area contributed by atoms with Crippen molar-refractivity contribution in [2.45, 2.75) is 40.0 Å². The lowest BCUT2D eigenvalue weighted by atomic mass is 9.78. The quantitative estimate of drug-likeness (QED) is 0.770. The minimum Gasteiger partial charge on any atom is -0.507 e. The smallest absolute Gasteiger partial charge is 0.198 e. The fourth-order valence-corrected chi connectivity index (χ4v) is 3.56. The molecule has 1 aliphatic rings. The van der Waals surface area contributed by atoms with Gasteiger partial charge in [0, 0.05) is 11.1 Å². The molecule has 0 aliphatic heterocycles. The number of rotatable bonds is 3. The normalized spacial score (nSPS) is 13.0. The van der Waals surface area contributed by atoms with Crippen LogP contribution in [0.25, 0.3) is 0 Å². The number of carbonyl (C=O) groups excluding carboxylic acids is 2. The van der Waals surface area contributed by atoms with E-state index < -0.39 is 5.78 Å². The van der Waals surface area contributed by atoms with Crippen molar-refractivity contribution in [2.24, 2.45) is 0 Å². The first-order chi connectivity index (χ1) is 11.4. The van der Waals surface area contributed by atoms with Crippen molar-refractivity contribution in [3.05, 3.63) is 57.1 Å². The van der Waals surface area contributed by atoms with Crippen LogP contribution in [0, 0.1) is 6.92 Å². The first-order valence-corrected chi connectivity index (χ1v) is 8.21. The largest absolute Gasteiger partial charge is 0.507 e. The van der Waals surface area contributed by atoms with Crippen LogP contribution in [0.1, 0.15) is 68.8 Å². The van der Waals surface area contributed by atoms with Crippen LogP contribution >= 0.6 is 0 Å². The van der Waals surface area contributed by atoms with Crippen LogP contribution in [0.5, 0.6) is 11.5 Å². The van der Waals surface area contributed by atoms with Crippen LogP contribution < -0.4 is 0 Å². The molecule has 2 N–H and O–H groups in total. The van der Waals surface area contributed by atoms with Gasteiger partial charge in [0.05, 0.1) is 11.1 Å². The summed E-state index contributed by atoms with van der Waals surface area (Å²) in [6.45, 7) is 5.68. The summed E-state index contributed by atoms with van der Waals surface area (Å²) in [7, 11) is 0. The summed E-state index contributed by atoms with van der Waals surface area (Å²) in [5.41, 5.74) is 2.70. The van der Waals surface area contributed by atoms with Crippen LogP contribution in [-0.2, 0) is 12.8 Å². The van der Waals surface area contributed by atoms with Crippen molar-refractivity contribution in [1.29, 1.82) is 0 Å². The Labute approximate surface area is 140 Å². The molecule has 0 fully saturated rings. The third-order valence-electron chi connectivity index (χ3n) is 4.70. The molecule has 0 heterocycles. The zero-order valence-electron chi connectivity index (χ0n) is 14.1. The molecule has 1 aliphatic carbocycles. The second kappa shape index (κ2) is 5.78. The third-order valence-corrected chi connectivity index (χ3v) is 4.70. The number of hydrogen-bond acceptors (Lipinski definition) is 4. The minimum absolute atomic E-state index is 0.0569. The number of hydrogen-bond donors (Lipinski definition) is 2. The number of fused-ring (bicyclic) bond motifs is 2. The second-order valence-corrected chi connectivity index (χ2v) is 6.20. The highest BCUT2D eigenvalue weighted by Crippen LogP contribution is 2.40. The molecule has 0 bridgehead atoms. The fraction of sp³-hybridized carbons (Fsp3) is 0.300. The first kappa shape index (κ1) is 16.2. The molecule has 2 aromatic carbocycles. The molecule has 3 rings (SSSR count). The number of benzene rings is 2. The molecule has 0 saturated carbocycles. The Kier molecular flexibility index (Phi) is 3.91. The summed E-state index contributed by atoms with van der Waals surface area (Å²) in [5, 5.41) is 20.8. The van der Waals surface area contributed by atoms with E-state index in [4.69, 9.17) is 0 Å². The number of ketones is 2. The maximum absolute atomic E-state index is 13.1. The highest BCUT2D eigenvalue weighted by atomic mass is 16.3. The predicted octanol–water partition coefficient (Wildman–Crippen LogP) is 3.70. The fourth-order valence-electron chi connectivity index (χ4n) is 3.56. The summed E-state index contributed by atoms with van der Waals surface area (Å²) in [6.07, 6.45) is 2.01. The monoisotopic (exact) mass is 324 g/mol. The van der Waals surface area contributed by atoms with Gasteiger partial charge in [-0.1, -0.05) is 26.3 Å². The van der Waals surface area contributed by atoms with Crippen molar-refractivity contribution < 1.29 is 19.8 Å². The molecule has 124 valence electrons. The Morgan fingerprint density at radius 3 is 2.29 bits per heavy atom. The van der Waals surface area contributed by atoms with Crippen LogP contribution in [0.15, 0.2) is 18.2 Å². The minimum atomic E-state index is -0.406. The maximum atomic E-state index is 13.1. The van der Waals surface area contributed by atoms with E-state index in [1.807, 2.05) is 13.8 Å². The Morgan fingerprint density at radius 1 is 0.958 bits per heavy atom. The third kappa shape index (κ3) is 2.13. The molecule has 4 heteroatoms. The van der Waals surface area contributed by atoms with Crippen LogP contribution in [0.4, 0.5) is 0 Å². The van der Waals surface area contributed by atoms with Gasteiger partial charge in [-0.3, -0.25) is 9.59 Å². The standard InChI is InChI=1S/C20H20O4/c1-4-6-11-7-8-14(21)17-15(11)20(24)16-13(19(17)23)9-10(3)12(5-2)18(16)22/h7-9,21-22H,4-6H2,1-3H3. The van der Waals surface area contributed by atoms with Crippen molar-refractivity contribution >= 4 is 11.6 Å². The van der Waals surface area contributed by atoms with Gasteiger partial charge in [0.15, 0.2) is 11.6 Å². The molecule has 2 aromatic rings. The molecule has 0 amide bonds. The van der Waals surface area contributed by atoms with Gasteiger partial charge in [0.2, 0.25) is 0 Å². The molecule has 0 aromatic heterocycles. The van der Waals surface area contributed by atoms with Gasteiger partial charge in [0.1, 0.15) is 11.5 Å². The van der Waals surface area contributed by atoms with Gasteiger partial charge in [-0.25, -0.2) is 0 Å². The summed E-state index contributed by atoms with van der Waals surface area (Å²) < 4.78 is 0. The van der Waals surface area contributed by atoms with Crippen molar-refractivity contribution in [3.8, 4) is 11.5 Å². The van der Waals surface area contributed by atoms with Crippen molar-refractivity contribution in [2.75, 3.05) is 0 Å². The van der Waals surface area contributed by atoms with Crippen LogP contribution in [-0.4, -0.2) is 21.8 Å². The van der Waals surface area contributed by atoms with E-state index in [-0.39, 0.29) is 39.5 Å². The Bertz CT molecular complexity index is 878. The van der Waals surface area contributed by atoms with Crippen LogP contribution in [0.3, 0.4) is 0 Å². The number of carbonyl (C=O) groups is 2. The van der Waals surface area contributed by atoms with Gasteiger partial charge in [-0.15, -0.1) is 0 Å². The molecule has 0 unspecified atom stereocenters. The molecule has 4 nitrogen and oxygen atoms in total. The van der Waals surface area contributed by atoms with E-state index in [1.54, 1.807) is 19.1 Å². The number of phenols is 2. The van der Waals surface area contributed by atoms with E-state index in [0.717, 1.165) is 17.5 Å². The Hall–Kier alpha value is -2.62. The highest BCUT2D eigenvalue weighted by Gasteiger charge is 2.36. The van der Waals surface area contributed by atoms with Gasteiger partial charge >= 0.3 is 0 Å². The summed E-state index contributed by atoms with van der Waals surface area (Å²) >= 11 is 0. The van der Waals surface area contributed by atoms with E-state index in [0.29, 0.717) is 18.4 Å². The highest BCUT2D eigenvalue weighted by molar-refractivity contribution is 6.30. The number of aryl methyl sites for hydroxylation is 2. The van der Waals surface area contributed by atoms with Gasteiger partial charge in [-0.2, -0.15) is 0 Å². The molecule has 0 spiro atoms. The van der Waals surface area contributed by atoms with Gasteiger partial charge in [0.25, 0.3) is 0 Å². The first-order valence-electron chi connectivity index (χ1n) is 8.21. The zero-order chi connectivity index (χ0) is 17.6. The van der Waals surface area contributed by atoms with E-state index in [2.05, 4.69) is 0 Å². The molecular formula is C20H20O4. The zero-order valence-corrected chi connectivity index (χ0v) is 14.1. The molecule has 0 radical (unpaired) electrons. The maximum Gasteiger partial charge on any atom is 0.198 e. The predicted molar refractivity (Wildman–Crippen MR) is 91.2 cm³/mol. The van der Waals surface area contributed by atoms with E-state index in [9.17, 15) is 19.8 Å². The summed E-state index contributed by atoms with van der Waals surface area (Å²) in [6, 6.07) is 4.79. The summed E-state index contributed by atoms with van der Waals surface area (Å²) in [4.78, 5) is 26.0. The molecule has 0 atom stereocenters. The average Bonchev–Trinajstić information content (AvgIpc) is 2.54. The lowest BCUT2D eigenvalue weighted by Crippen LogP contribution is -2.24. The van der Waals surface area contributed by atoms with Gasteiger partial charge in [-0.05, 0) is 48.6 Å². The number of phenolic OH excluding ortho intramolecular Hbond substituents is 2. The molecule has 0 saturated heterocycles. The van der Waals surface area contributed by atoms with E-state index >= 15 is 0 Å². The van der Waals surface area contributed by atoms with Crippen molar-refractivity contribution in [3.63, 3.8) is 0 Å². The SMILES string of the molecule is CCCc1ccc(O)c2c1C(=O)c1c(cc(C)c(CC)c1O)C2=O.